The van der Waals surface area contributed by atoms with Gasteiger partial charge in [0.1, 0.15) is 16.5 Å². The molecule has 0 unspecified atom stereocenters. The smallest absolute Gasteiger partial charge is 0.267 e. The highest BCUT2D eigenvalue weighted by atomic mass is 32.1. The molecule has 3 rings (SSSR count). The van der Waals surface area contributed by atoms with Crippen LogP contribution in [0.1, 0.15) is 59.0 Å². The van der Waals surface area contributed by atoms with Crippen molar-refractivity contribution in [3.05, 3.63) is 58.0 Å². The van der Waals surface area contributed by atoms with E-state index in [9.17, 15) is 4.79 Å². The monoisotopic (exact) mass is 409 g/mol. The van der Waals surface area contributed by atoms with Gasteiger partial charge in [0.05, 0.1) is 6.20 Å². The van der Waals surface area contributed by atoms with E-state index < -0.39 is 0 Å². The molecule has 3 aromatic rings. The number of aryl methyl sites for hydroxylation is 4. The molecule has 1 aromatic carbocycles. The summed E-state index contributed by atoms with van der Waals surface area (Å²) in [7, 11) is 0. The van der Waals surface area contributed by atoms with Crippen LogP contribution in [-0.4, -0.2) is 20.9 Å². The van der Waals surface area contributed by atoms with Crippen molar-refractivity contribution >= 4 is 33.9 Å². The molecule has 0 fully saturated rings. The van der Waals surface area contributed by atoms with Gasteiger partial charge in [-0.3, -0.25) is 4.79 Å². The summed E-state index contributed by atoms with van der Waals surface area (Å²) in [4.78, 5) is 26.4. The highest BCUT2D eigenvalue weighted by Crippen LogP contribution is 2.27. The molecule has 0 saturated carbocycles. The Balaban J connectivity index is 1.78. The third kappa shape index (κ3) is 5.38. The number of benzene rings is 1. The van der Waals surface area contributed by atoms with E-state index in [2.05, 4.69) is 57.6 Å². The van der Waals surface area contributed by atoms with E-state index in [-0.39, 0.29) is 5.91 Å². The van der Waals surface area contributed by atoms with Crippen molar-refractivity contribution in [1.29, 1.82) is 0 Å². The van der Waals surface area contributed by atoms with Gasteiger partial charge in [0, 0.05) is 17.4 Å². The number of thiazole rings is 1. The summed E-state index contributed by atoms with van der Waals surface area (Å²) >= 11 is 1.31. The second-order valence-corrected chi connectivity index (χ2v) is 8.03. The predicted molar refractivity (Wildman–Crippen MR) is 119 cm³/mol. The van der Waals surface area contributed by atoms with Crippen molar-refractivity contribution < 1.29 is 4.79 Å². The Morgan fingerprint density at radius 3 is 2.38 bits per heavy atom. The van der Waals surface area contributed by atoms with Crippen molar-refractivity contribution in [3.8, 4) is 0 Å². The van der Waals surface area contributed by atoms with Crippen molar-refractivity contribution in [3.63, 3.8) is 0 Å². The van der Waals surface area contributed by atoms with Gasteiger partial charge in [-0.2, -0.15) is 0 Å². The fourth-order valence-corrected chi connectivity index (χ4v) is 3.99. The maximum absolute atomic E-state index is 12.9. The molecule has 0 aliphatic rings. The van der Waals surface area contributed by atoms with Gasteiger partial charge in [-0.15, -0.1) is 0 Å². The number of para-hydroxylation sites is 1. The summed E-state index contributed by atoms with van der Waals surface area (Å²) in [6.07, 6.45) is 5.55. The lowest BCUT2D eigenvalue weighted by Gasteiger charge is -2.15. The Kier molecular flexibility index (Phi) is 6.93. The number of hydrogen-bond acceptors (Lipinski definition) is 6. The number of anilines is 3. The average molecular weight is 410 g/mol. The Labute approximate surface area is 175 Å². The second-order valence-electron chi connectivity index (χ2n) is 7.00. The third-order valence-corrected chi connectivity index (χ3v) is 5.36. The highest BCUT2D eigenvalue weighted by Gasteiger charge is 2.15. The molecule has 2 N–H and O–H groups in total. The number of nitrogens with one attached hydrogen (secondary N) is 2. The molecule has 2 heterocycles. The normalized spacial score (nSPS) is 10.8. The van der Waals surface area contributed by atoms with E-state index in [0.717, 1.165) is 37.1 Å². The number of carbonyl (C=O) groups excluding carboxylic acids is 1. The topological polar surface area (TPSA) is 79.8 Å². The molecule has 6 nitrogen and oxygen atoms in total. The van der Waals surface area contributed by atoms with E-state index in [0.29, 0.717) is 21.7 Å². The quantitative estimate of drug-likeness (QED) is 0.517. The van der Waals surface area contributed by atoms with Crippen LogP contribution >= 0.6 is 11.3 Å². The zero-order valence-electron chi connectivity index (χ0n) is 17.4. The Morgan fingerprint density at radius 2 is 1.76 bits per heavy atom. The molecule has 1 amide bonds. The minimum Gasteiger partial charge on any atom is -0.321 e. The van der Waals surface area contributed by atoms with Gasteiger partial charge in [0.2, 0.25) is 0 Å². The first-order valence-corrected chi connectivity index (χ1v) is 10.8. The maximum Gasteiger partial charge on any atom is 0.267 e. The van der Waals surface area contributed by atoms with Crippen molar-refractivity contribution in [2.45, 2.75) is 53.4 Å². The number of hydrogen-bond donors (Lipinski definition) is 2. The molecule has 0 saturated heterocycles. The number of nitrogens with zero attached hydrogens (tertiary/aromatic N) is 3. The zero-order chi connectivity index (χ0) is 20.8. The lowest BCUT2D eigenvalue weighted by Crippen LogP contribution is -2.14. The van der Waals surface area contributed by atoms with Crippen molar-refractivity contribution in [2.24, 2.45) is 0 Å². The maximum atomic E-state index is 12.9. The van der Waals surface area contributed by atoms with Crippen LogP contribution in [0.3, 0.4) is 0 Å². The molecule has 0 aliphatic carbocycles. The average Bonchev–Trinajstić information content (AvgIpc) is 3.12. The Hall–Kier alpha value is -2.80. The molecule has 0 atom stereocenters. The van der Waals surface area contributed by atoms with Gasteiger partial charge in [-0.05, 0) is 37.8 Å². The van der Waals surface area contributed by atoms with Crippen LogP contribution in [0, 0.1) is 13.8 Å². The largest absolute Gasteiger partial charge is 0.321 e. The van der Waals surface area contributed by atoms with Gasteiger partial charge in [-0.25, -0.2) is 15.0 Å². The van der Waals surface area contributed by atoms with E-state index >= 15 is 0 Å². The molecule has 0 bridgehead atoms. The molecule has 7 heteroatoms. The summed E-state index contributed by atoms with van der Waals surface area (Å²) in [5.41, 5.74) is 4.19. The summed E-state index contributed by atoms with van der Waals surface area (Å²) in [6, 6.07) is 8.12. The molecule has 0 radical (unpaired) electrons. The summed E-state index contributed by atoms with van der Waals surface area (Å²) in [5.74, 6) is 1.24. The summed E-state index contributed by atoms with van der Waals surface area (Å²) < 4.78 is 0. The second kappa shape index (κ2) is 9.60. The molecule has 0 aliphatic heterocycles. The van der Waals surface area contributed by atoms with Crippen LogP contribution in [0.2, 0.25) is 0 Å². The van der Waals surface area contributed by atoms with Gasteiger partial charge in [0.25, 0.3) is 5.91 Å². The minimum atomic E-state index is -0.133. The lowest BCUT2D eigenvalue weighted by atomic mass is 10.00. The third-order valence-electron chi connectivity index (χ3n) is 4.44. The summed E-state index contributed by atoms with van der Waals surface area (Å²) in [6.45, 7) is 8.06. The first kappa shape index (κ1) is 20.9. The molecule has 0 spiro atoms. The SMILES string of the molecule is CCCc1cccc(CCC)c1NC(=O)c1cnc(Nc2cc(C)nc(C)n2)s1. The van der Waals surface area contributed by atoms with E-state index in [4.69, 9.17) is 0 Å². The highest BCUT2D eigenvalue weighted by molar-refractivity contribution is 7.17. The fraction of sp³-hybridized carbons (Fsp3) is 0.364. The number of amides is 1. The van der Waals surface area contributed by atoms with Crippen LogP contribution in [0.15, 0.2) is 30.5 Å². The van der Waals surface area contributed by atoms with Gasteiger partial charge in [-0.1, -0.05) is 56.2 Å². The molecular formula is C22H27N5OS. The van der Waals surface area contributed by atoms with Crippen LogP contribution in [0.4, 0.5) is 16.6 Å². The number of rotatable bonds is 8. The predicted octanol–water partition coefficient (Wildman–Crippen LogP) is 5.45. The van der Waals surface area contributed by atoms with Crippen LogP contribution in [-0.2, 0) is 12.8 Å². The summed E-state index contributed by atoms with van der Waals surface area (Å²) in [5, 5.41) is 6.93. The molecule has 2 aromatic heterocycles. The molecular weight excluding hydrogens is 382 g/mol. The van der Waals surface area contributed by atoms with Crippen LogP contribution in [0.5, 0.6) is 0 Å². The lowest BCUT2D eigenvalue weighted by molar-refractivity contribution is 0.103. The van der Waals surface area contributed by atoms with E-state index in [1.807, 2.05) is 19.9 Å². The van der Waals surface area contributed by atoms with Crippen LogP contribution in [0.25, 0.3) is 0 Å². The van der Waals surface area contributed by atoms with Gasteiger partial charge < -0.3 is 10.6 Å². The minimum absolute atomic E-state index is 0.133. The van der Waals surface area contributed by atoms with E-state index in [1.54, 1.807) is 6.20 Å². The van der Waals surface area contributed by atoms with Crippen molar-refractivity contribution in [2.75, 3.05) is 10.6 Å². The Bertz CT molecular complexity index is 954. The number of carbonyl (C=O) groups is 1. The van der Waals surface area contributed by atoms with Crippen LogP contribution < -0.4 is 10.6 Å². The standard InChI is InChI=1S/C22H27N5OS/c1-5-8-16-10-7-11-17(9-6-2)20(16)27-21(28)18-13-23-22(29-18)26-19-12-14(3)24-15(4)25-19/h7,10-13H,5-6,8-9H2,1-4H3,(H,27,28)(H,23,24,25,26). The molecule has 152 valence electrons. The molecule has 29 heavy (non-hydrogen) atoms. The fourth-order valence-electron chi connectivity index (χ4n) is 3.27. The van der Waals surface area contributed by atoms with Gasteiger partial charge in [0.15, 0.2) is 5.13 Å². The van der Waals surface area contributed by atoms with E-state index in [1.165, 1.54) is 22.5 Å². The first-order valence-electron chi connectivity index (χ1n) is 9.97. The number of aromatic nitrogens is 3. The van der Waals surface area contributed by atoms with Crippen molar-refractivity contribution in [1.82, 2.24) is 15.0 Å². The first-order chi connectivity index (χ1) is 14.0. The zero-order valence-corrected chi connectivity index (χ0v) is 18.2. The van der Waals surface area contributed by atoms with Gasteiger partial charge >= 0.3 is 0 Å². The Morgan fingerprint density at radius 1 is 1.07 bits per heavy atom.